The Bertz CT molecular complexity index is 993. The van der Waals surface area contributed by atoms with E-state index in [1.165, 1.54) is 0 Å². The van der Waals surface area contributed by atoms with E-state index in [2.05, 4.69) is 20.2 Å². The number of benzene rings is 1. The van der Waals surface area contributed by atoms with Crippen LogP contribution in [0.2, 0.25) is 0 Å². The molecule has 1 atom stereocenters. The van der Waals surface area contributed by atoms with Crippen LogP contribution in [0.5, 0.6) is 11.5 Å². The number of rotatable bonds is 6. The lowest BCUT2D eigenvalue weighted by Crippen LogP contribution is -2.40. The van der Waals surface area contributed by atoms with Gasteiger partial charge in [0.25, 0.3) is 0 Å². The third-order valence-corrected chi connectivity index (χ3v) is 5.22. The second-order valence-electron chi connectivity index (χ2n) is 7.62. The summed E-state index contributed by atoms with van der Waals surface area (Å²) in [6, 6.07) is 17.2. The first-order valence-electron chi connectivity index (χ1n) is 10.3. The number of para-hydroxylation sites is 2. The van der Waals surface area contributed by atoms with Crippen LogP contribution < -0.4 is 10.1 Å². The molecule has 1 aliphatic heterocycles. The highest BCUT2D eigenvalue weighted by atomic mass is 16.5. The molecule has 154 valence electrons. The maximum Gasteiger partial charge on any atom is 0.228 e. The average molecular weight is 402 g/mol. The van der Waals surface area contributed by atoms with Crippen molar-refractivity contribution in [3.8, 4) is 11.5 Å². The zero-order chi connectivity index (χ0) is 20.8. The highest BCUT2D eigenvalue weighted by molar-refractivity contribution is 5.94. The largest absolute Gasteiger partial charge is 0.454 e. The van der Waals surface area contributed by atoms with Crippen LogP contribution in [0.25, 0.3) is 0 Å². The lowest BCUT2D eigenvalue weighted by molar-refractivity contribution is -0.121. The van der Waals surface area contributed by atoms with Gasteiger partial charge in [0.05, 0.1) is 23.5 Å². The number of likely N-dealkylation sites (tertiary alicyclic amines) is 1. The van der Waals surface area contributed by atoms with Crippen molar-refractivity contribution in [3.05, 3.63) is 78.4 Å². The molecule has 3 heterocycles. The van der Waals surface area contributed by atoms with Gasteiger partial charge < -0.3 is 10.1 Å². The van der Waals surface area contributed by atoms with Crippen LogP contribution in [0, 0.1) is 12.8 Å². The van der Waals surface area contributed by atoms with Crippen molar-refractivity contribution in [3.63, 3.8) is 0 Å². The number of piperidine rings is 1. The van der Waals surface area contributed by atoms with Gasteiger partial charge in [0.2, 0.25) is 5.91 Å². The second-order valence-corrected chi connectivity index (χ2v) is 7.62. The van der Waals surface area contributed by atoms with E-state index < -0.39 is 0 Å². The number of nitrogens with zero attached hydrogens (tertiary/aromatic N) is 3. The number of pyridine rings is 2. The van der Waals surface area contributed by atoms with E-state index >= 15 is 0 Å². The zero-order valence-electron chi connectivity index (χ0n) is 17.1. The summed E-state index contributed by atoms with van der Waals surface area (Å²) in [5, 5.41) is 3.07. The molecule has 0 spiro atoms. The van der Waals surface area contributed by atoms with Crippen LogP contribution in [0.1, 0.15) is 24.2 Å². The Hall–Kier alpha value is -3.25. The summed E-state index contributed by atoms with van der Waals surface area (Å²) in [4.78, 5) is 24.0. The molecule has 0 unspecified atom stereocenters. The topological polar surface area (TPSA) is 67.4 Å². The van der Waals surface area contributed by atoms with Crippen molar-refractivity contribution >= 4 is 11.6 Å². The molecule has 1 aromatic carbocycles. The number of nitrogens with one attached hydrogen (secondary N) is 1. The molecular weight excluding hydrogens is 376 g/mol. The van der Waals surface area contributed by atoms with Gasteiger partial charge in [0.1, 0.15) is 5.75 Å². The summed E-state index contributed by atoms with van der Waals surface area (Å²) >= 11 is 0. The summed E-state index contributed by atoms with van der Waals surface area (Å²) in [6.45, 7) is 4.49. The minimum Gasteiger partial charge on any atom is -0.454 e. The number of anilines is 1. The summed E-state index contributed by atoms with van der Waals surface area (Å²) < 4.78 is 5.91. The Morgan fingerprint density at radius 1 is 1.17 bits per heavy atom. The van der Waals surface area contributed by atoms with Crippen LogP contribution in [0.3, 0.4) is 0 Å². The van der Waals surface area contributed by atoms with E-state index in [1.54, 1.807) is 12.4 Å². The molecule has 0 saturated carbocycles. The van der Waals surface area contributed by atoms with Gasteiger partial charge in [-0.2, -0.15) is 0 Å². The molecule has 30 heavy (non-hydrogen) atoms. The average Bonchev–Trinajstić information content (AvgIpc) is 2.76. The number of carbonyl (C=O) groups excluding carboxylic acids is 1. The van der Waals surface area contributed by atoms with Crippen molar-refractivity contribution in [2.45, 2.75) is 26.3 Å². The molecule has 2 aromatic heterocycles. The van der Waals surface area contributed by atoms with Gasteiger partial charge in [-0.3, -0.25) is 19.7 Å². The minimum absolute atomic E-state index is 0.0270. The standard InChI is InChI=1S/C24H26N4O2/c1-18-7-4-9-20(26-18)17-28-14-6-8-19(16-28)24(29)27-22-11-2-3-12-23(22)30-21-10-5-13-25-15-21/h2-5,7,9-13,15,19H,6,8,14,16-17H2,1H3,(H,27,29)/t19-/m1/s1. The van der Waals surface area contributed by atoms with Gasteiger partial charge >= 0.3 is 0 Å². The summed E-state index contributed by atoms with van der Waals surface area (Å²) in [5.41, 5.74) is 2.74. The third kappa shape index (κ3) is 5.21. The van der Waals surface area contributed by atoms with Crippen molar-refractivity contribution < 1.29 is 9.53 Å². The summed E-state index contributed by atoms with van der Waals surface area (Å²) in [5.74, 6) is 1.21. The fourth-order valence-corrected chi connectivity index (χ4v) is 3.76. The first kappa shape index (κ1) is 20.0. The lowest BCUT2D eigenvalue weighted by Gasteiger charge is -2.31. The normalized spacial score (nSPS) is 16.8. The highest BCUT2D eigenvalue weighted by Crippen LogP contribution is 2.30. The van der Waals surface area contributed by atoms with Crippen molar-refractivity contribution in [1.82, 2.24) is 14.9 Å². The predicted octanol–water partition coefficient (Wildman–Crippen LogP) is 4.43. The molecule has 6 nitrogen and oxygen atoms in total. The third-order valence-electron chi connectivity index (χ3n) is 5.22. The number of ether oxygens (including phenoxy) is 1. The van der Waals surface area contributed by atoms with Crippen LogP contribution in [-0.4, -0.2) is 33.9 Å². The van der Waals surface area contributed by atoms with Crippen LogP contribution >= 0.6 is 0 Å². The zero-order valence-corrected chi connectivity index (χ0v) is 17.1. The SMILES string of the molecule is Cc1cccc(CN2CCC[C@@H](C(=O)Nc3ccccc3Oc3cccnc3)C2)n1. The Labute approximate surface area is 176 Å². The van der Waals surface area contributed by atoms with Crippen LogP contribution in [-0.2, 0) is 11.3 Å². The molecule has 1 amide bonds. The van der Waals surface area contributed by atoms with Gasteiger partial charge in [-0.25, -0.2) is 0 Å². The Morgan fingerprint density at radius 3 is 2.90 bits per heavy atom. The Kier molecular flexibility index (Phi) is 6.35. The number of amides is 1. The maximum atomic E-state index is 13.0. The molecule has 1 saturated heterocycles. The smallest absolute Gasteiger partial charge is 0.228 e. The quantitative estimate of drug-likeness (QED) is 0.661. The first-order chi connectivity index (χ1) is 14.7. The van der Waals surface area contributed by atoms with Gasteiger partial charge in [0.15, 0.2) is 5.75 Å². The minimum atomic E-state index is -0.0602. The van der Waals surface area contributed by atoms with Crippen LogP contribution in [0.4, 0.5) is 5.69 Å². The van der Waals surface area contributed by atoms with E-state index in [9.17, 15) is 4.79 Å². The second kappa shape index (κ2) is 9.50. The number of hydrogen-bond acceptors (Lipinski definition) is 5. The molecule has 0 bridgehead atoms. The first-order valence-corrected chi connectivity index (χ1v) is 10.3. The maximum absolute atomic E-state index is 13.0. The van der Waals surface area contributed by atoms with E-state index in [1.807, 2.05) is 61.5 Å². The van der Waals surface area contributed by atoms with E-state index in [0.717, 1.165) is 43.9 Å². The molecule has 0 radical (unpaired) electrons. The van der Waals surface area contributed by atoms with Crippen molar-refractivity contribution in [1.29, 1.82) is 0 Å². The molecular formula is C24H26N4O2. The van der Waals surface area contributed by atoms with E-state index in [0.29, 0.717) is 17.2 Å². The van der Waals surface area contributed by atoms with Gasteiger partial charge in [-0.15, -0.1) is 0 Å². The number of hydrogen-bond donors (Lipinski definition) is 1. The molecule has 1 fully saturated rings. The highest BCUT2D eigenvalue weighted by Gasteiger charge is 2.26. The van der Waals surface area contributed by atoms with E-state index in [-0.39, 0.29) is 11.8 Å². The monoisotopic (exact) mass is 402 g/mol. The fraction of sp³-hybridized carbons (Fsp3) is 0.292. The fourth-order valence-electron chi connectivity index (χ4n) is 3.76. The Balaban J connectivity index is 1.40. The van der Waals surface area contributed by atoms with E-state index in [4.69, 9.17) is 4.74 Å². The summed E-state index contributed by atoms with van der Waals surface area (Å²) in [6.07, 6.45) is 5.23. The Morgan fingerprint density at radius 2 is 2.07 bits per heavy atom. The number of aryl methyl sites for hydroxylation is 1. The van der Waals surface area contributed by atoms with Crippen molar-refractivity contribution in [2.24, 2.45) is 5.92 Å². The molecule has 6 heteroatoms. The molecule has 4 rings (SSSR count). The number of aromatic nitrogens is 2. The lowest BCUT2D eigenvalue weighted by atomic mass is 9.96. The predicted molar refractivity (Wildman–Crippen MR) is 116 cm³/mol. The summed E-state index contributed by atoms with van der Waals surface area (Å²) in [7, 11) is 0. The molecule has 1 N–H and O–H groups in total. The van der Waals surface area contributed by atoms with Gasteiger partial charge in [0, 0.05) is 25.0 Å². The molecule has 1 aliphatic rings. The molecule has 3 aromatic rings. The van der Waals surface area contributed by atoms with Crippen molar-refractivity contribution in [2.75, 3.05) is 18.4 Å². The van der Waals surface area contributed by atoms with Gasteiger partial charge in [-0.1, -0.05) is 18.2 Å². The van der Waals surface area contributed by atoms with Crippen LogP contribution in [0.15, 0.2) is 67.0 Å². The number of carbonyl (C=O) groups is 1. The van der Waals surface area contributed by atoms with Gasteiger partial charge in [-0.05, 0) is 62.7 Å². The molecule has 0 aliphatic carbocycles.